The molecule has 0 spiro atoms. The van der Waals surface area contributed by atoms with Gasteiger partial charge in [-0.05, 0) is 31.9 Å². The molecule has 104 valence electrons. The van der Waals surface area contributed by atoms with Crippen molar-refractivity contribution in [2.45, 2.75) is 20.8 Å². The highest BCUT2D eigenvalue weighted by Crippen LogP contribution is 2.41. The van der Waals surface area contributed by atoms with Gasteiger partial charge in [0, 0.05) is 17.5 Å². The maximum absolute atomic E-state index is 12.9. The average Bonchev–Trinajstić information content (AvgIpc) is 2.45. The van der Waals surface area contributed by atoms with Gasteiger partial charge in [-0.1, -0.05) is 48.5 Å². The molecule has 2 rings (SSSR count). The van der Waals surface area contributed by atoms with Gasteiger partial charge in [0.15, 0.2) is 0 Å². The molecular weight excluding hydrogens is 267 g/mol. The highest BCUT2D eigenvalue weighted by Gasteiger charge is 2.25. The molecule has 1 unspecified atom stereocenters. The topological polar surface area (TPSA) is 26.3 Å². The van der Waals surface area contributed by atoms with Crippen LogP contribution in [0.5, 0.6) is 0 Å². The van der Waals surface area contributed by atoms with Gasteiger partial charge in [-0.15, -0.1) is 0 Å². The van der Waals surface area contributed by atoms with Crippen LogP contribution in [0.2, 0.25) is 0 Å². The number of hydrogen-bond acceptors (Lipinski definition) is 2. The van der Waals surface area contributed by atoms with Gasteiger partial charge in [0.05, 0.1) is 0 Å². The van der Waals surface area contributed by atoms with E-state index in [2.05, 4.69) is 0 Å². The molecule has 0 radical (unpaired) electrons. The Labute approximate surface area is 121 Å². The summed E-state index contributed by atoms with van der Waals surface area (Å²) in [6.45, 7) is 6.42. The molecule has 0 N–H and O–H groups in total. The number of rotatable bonds is 5. The lowest BCUT2D eigenvalue weighted by atomic mass is 10.0. The first-order valence-corrected chi connectivity index (χ1v) is 7.99. The molecule has 0 bridgehead atoms. The Balaban J connectivity index is 2.42. The second-order valence-electron chi connectivity index (χ2n) is 4.62. The van der Waals surface area contributed by atoms with Gasteiger partial charge >= 0.3 is 0 Å². The summed E-state index contributed by atoms with van der Waals surface area (Å²) in [6.07, 6.45) is 0. The van der Waals surface area contributed by atoms with Crippen molar-refractivity contribution in [2.24, 2.45) is 0 Å². The minimum atomic E-state index is -1.26. The van der Waals surface area contributed by atoms with Crippen molar-refractivity contribution in [3.63, 3.8) is 0 Å². The van der Waals surface area contributed by atoms with Crippen molar-refractivity contribution in [3.8, 4) is 0 Å². The molecule has 0 aromatic heterocycles. The Morgan fingerprint density at radius 2 is 1.60 bits per heavy atom. The Morgan fingerprint density at radius 3 is 2.15 bits per heavy atom. The molecule has 0 aliphatic heterocycles. The summed E-state index contributed by atoms with van der Waals surface area (Å²) >= 11 is 0. The molecule has 0 aliphatic rings. The van der Waals surface area contributed by atoms with Gasteiger partial charge in [-0.3, -0.25) is 4.79 Å². The number of hydrogen-bond donors (Lipinski definition) is 0. The summed E-state index contributed by atoms with van der Waals surface area (Å²) < 4.78 is 5.77. The van der Waals surface area contributed by atoms with Gasteiger partial charge in [-0.25, -0.2) is 0 Å². The molecule has 0 saturated heterocycles. The van der Waals surface area contributed by atoms with Crippen LogP contribution < -0.4 is 5.30 Å². The lowest BCUT2D eigenvalue weighted by Gasteiger charge is -2.18. The first-order valence-electron chi connectivity index (χ1n) is 6.73. The number of carbonyl (C=O) groups is 1. The number of benzene rings is 2. The minimum absolute atomic E-state index is 0.101. The third kappa shape index (κ3) is 3.15. The Morgan fingerprint density at radius 1 is 1.00 bits per heavy atom. The normalized spacial score (nSPS) is 12.2. The van der Waals surface area contributed by atoms with Gasteiger partial charge in [0.1, 0.15) is 8.15 Å². The Kier molecular flexibility index (Phi) is 5.05. The van der Waals surface area contributed by atoms with Crippen molar-refractivity contribution in [1.82, 2.24) is 0 Å². The van der Waals surface area contributed by atoms with Crippen molar-refractivity contribution in [2.75, 3.05) is 6.61 Å². The summed E-state index contributed by atoms with van der Waals surface area (Å²) in [5.74, 6) is 0. The van der Waals surface area contributed by atoms with Crippen LogP contribution in [0.25, 0.3) is 0 Å². The van der Waals surface area contributed by atoms with E-state index in [0.717, 1.165) is 22.0 Å². The van der Waals surface area contributed by atoms with Crippen molar-refractivity contribution in [1.29, 1.82) is 0 Å². The van der Waals surface area contributed by atoms with Crippen molar-refractivity contribution < 1.29 is 9.32 Å². The molecule has 2 nitrogen and oxygen atoms in total. The molecular formula is C17H19O2P. The van der Waals surface area contributed by atoms with E-state index in [-0.39, 0.29) is 5.52 Å². The first-order chi connectivity index (χ1) is 9.65. The molecule has 0 heterocycles. The van der Waals surface area contributed by atoms with E-state index in [1.165, 1.54) is 0 Å². The fraction of sp³-hybridized carbons (Fsp3) is 0.235. The highest BCUT2D eigenvalue weighted by molar-refractivity contribution is 7.78. The summed E-state index contributed by atoms with van der Waals surface area (Å²) in [4.78, 5) is 12.9. The fourth-order valence-electron chi connectivity index (χ4n) is 2.20. The molecule has 2 aromatic rings. The predicted molar refractivity (Wildman–Crippen MR) is 84.9 cm³/mol. The van der Waals surface area contributed by atoms with Gasteiger partial charge in [0.2, 0.25) is 5.52 Å². The number of carbonyl (C=O) groups excluding carboxylic acids is 1. The van der Waals surface area contributed by atoms with Crippen LogP contribution >= 0.6 is 8.15 Å². The molecule has 20 heavy (non-hydrogen) atoms. The van der Waals surface area contributed by atoms with E-state index < -0.39 is 8.15 Å². The van der Waals surface area contributed by atoms with E-state index in [1.807, 2.05) is 69.3 Å². The zero-order valence-electron chi connectivity index (χ0n) is 12.1. The Hall–Kier alpha value is -1.50. The number of aryl methyl sites for hydroxylation is 2. The molecule has 2 aromatic carbocycles. The molecule has 3 heteroatoms. The summed E-state index contributed by atoms with van der Waals surface area (Å²) in [6, 6.07) is 15.7. The second-order valence-corrected chi connectivity index (χ2v) is 6.39. The largest absolute Gasteiger partial charge is 0.347 e. The first kappa shape index (κ1) is 14.9. The van der Waals surface area contributed by atoms with Crippen molar-refractivity contribution >= 4 is 19.0 Å². The van der Waals surface area contributed by atoms with E-state index in [1.54, 1.807) is 0 Å². The van der Waals surface area contributed by atoms with Gasteiger partial charge in [0.25, 0.3) is 0 Å². The summed E-state index contributed by atoms with van der Waals surface area (Å²) in [7, 11) is -1.26. The zero-order valence-corrected chi connectivity index (χ0v) is 13.0. The SMILES string of the molecule is CCOP(C(=O)c1c(C)cccc1C)c1ccccc1. The fourth-order valence-corrected chi connectivity index (χ4v) is 3.95. The van der Waals surface area contributed by atoms with Crippen LogP contribution in [0.4, 0.5) is 0 Å². The Bertz CT molecular complexity index is 573. The van der Waals surface area contributed by atoms with Gasteiger partial charge < -0.3 is 4.52 Å². The lowest BCUT2D eigenvalue weighted by molar-refractivity contribution is 0.106. The maximum Gasteiger partial charge on any atom is 0.216 e. The van der Waals surface area contributed by atoms with E-state index in [9.17, 15) is 4.79 Å². The van der Waals surface area contributed by atoms with E-state index in [4.69, 9.17) is 4.52 Å². The second kappa shape index (κ2) is 6.78. The lowest BCUT2D eigenvalue weighted by Crippen LogP contribution is -2.13. The standard InChI is InChI=1S/C17H19O2P/c1-4-19-20(15-11-6-5-7-12-15)17(18)16-13(2)9-8-10-14(16)3/h5-12H,4H2,1-3H3. The van der Waals surface area contributed by atoms with Crippen LogP contribution in [0.3, 0.4) is 0 Å². The quantitative estimate of drug-likeness (QED) is 0.770. The van der Waals surface area contributed by atoms with E-state index in [0.29, 0.717) is 6.61 Å². The third-order valence-electron chi connectivity index (χ3n) is 3.13. The molecule has 0 aliphatic carbocycles. The summed E-state index contributed by atoms with van der Waals surface area (Å²) in [5, 5.41) is 0.969. The van der Waals surface area contributed by atoms with Crippen LogP contribution in [-0.2, 0) is 4.52 Å². The monoisotopic (exact) mass is 286 g/mol. The third-order valence-corrected chi connectivity index (χ3v) is 5.00. The van der Waals surface area contributed by atoms with Crippen LogP contribution in [0.15, 0.2) is 48.5 Å². The van der Waals surface area contributed by atoms with Crippen LogP contribution in [0, 0.1) is 13.8 Å². The van der Waals surface area contributed by atoms with Crippen molar-refractivity contribution in [3.05, 3.63) is 65.2 Å². The smallest absolute Gasteiger partial charge is 0.216 e. The highest BCUT2D eigenvalue weighted by atomic mass is 31.1. The van der Waals surface area contributed by atoms with Crippen LogP contribution in [0.1, 0.15) is 28.4 Å². The average molecular weight is 286 g/mol. The summed E-state index contributed by atoms with van der Waals surface area (Å²) in [5.41, 5.74) is 2.93. The predicted octanol–water partition coefficient (Wildman–Crippen LogP) is 4.20. The molecule has 0 saturated carbocycles. The maximum atomic E-state index is 12.9. The molecule has 0 fully saturated rings. The van der Waals surface area contributed by atoms with E-state index >= 15 is 0 Å². The van der Waals surface area contributed by atoms with Gasteiger partial charge in [-0.2, -0.15) is 0 Å². The molecule has 1 atom stereocenters. The molecule has 0 amide bonds. The zero-order chi connectivity index (χ0) is 14.5. The van der Waals surface area contributed by atoms with Crippen LogP contribution in [-0.4, -0.2) is 12.1 Å². The minimum Gasteiger partial charge on any atom is -0.347 e.